The largest absolute Gasteiger partial charge is 0.326 e. The second-order valence-corrected chi connectivity index (χ2v) is 8.36. The van der Waals surface area contributed by atoms with Crippen molar-refractivity contribution in [2.24, 2.45) is 0 Å². The summed E-state index contributed by atoms with van der Waals surface area (Å²) in [5.74, 6) is -0.122. The molecule has 2 heterocycles. The number of nitrogens with one attached hydrogen (secondary N) is 1. The zero-order chi connectivity index (χ0) is 21.3. The van der Waals surface area contributed by atoms with E-state index in [4.69, 9.17) is 0 Å². The van der Waals surface area contributed by atoms with Crippen molar-refractivity contribution < 1.29 is 4.79 Å². The van der Waals surface area contributed by atoms with Crippen molar-refractivity contribution in [1.29, 1.82) is 0 Å². The summed E-state index contributed by atoms with van der Waals surface area (Å²) in [6, 6.07) is 14.0. The number of fused-ring (bicyclic) bond motifs is 1. The molecule has 5 nitrogen and oxygen atoms in total. The number of rotatable bonds is 5. The topological polar surface area (TPSA) is 64.0 Å². The Morgan fingerprint density at radius 2 is 1.77 bits per heavy atom. The van der Waals surface area contributed by atoms with Gasteiger partial charge in [-0.05, 0) is 37.5 Å². The van der Waals surface area contributed by atoms with Crippen LogP contribution in [0.1, 0.15) is 23.1 Å². The van der Waals surface area contributed by atoms with Crippen LogP contribution in [0.2, 0.25) is 0 Å². The Balaban J connectivity index is 1.57. The summed E-state index contributed by atoms with van der Waals surface area (Å²) in [7, 11) is 0. The van der Waals surface area contributed by atoms with Crippen molar-refractivity contribution >= 4 is 33.1 Å². The molecule has 152 valence electrons. The Bertz CT molecular complexity index is 1270. The van der Waals surface area contributed by atoms with E-state index in [0.717, 1.165) is 27.9 Å². The summed E-state index contributed by atoms with van der Waals surface area (Å²) in [6.45, 7) is 6.25. The molecule has 0 spiro atoms. The molecule has 1 N–H and O–H groups in total. The summed E-state index contributed by atoms with van der Waals surface area (Å²) in [5, 5.41) is 5.56. The Hall–Kier alpha value is -3.25. The van der Waals surface area contributed by atoms with Crippen molar-refractivity contribution in [2.45, 2.75) is 33.7 Å². The minimum Gasteiger partial charge on any atom is -0.326 e. The smallest absolute Gasteiger partial charge is 0.262 e. The lowest BCUT2D eigenvalue weighted by Gasteiger charge is -2.12. The van der Waals surface area contributed by atoms with E-state index in [1.54, 1.807) is 0 Å². The molecule has 0 aliphatic carbocycles. The van der Waals surface area contributed by atoms with Crippen LogP contribution in [0.15, 0.2) is 59.0 Å². The molecule has 2 aromatic carbocycles. The average molecular weight is 418 g/mol. The number of hydrogen-bond donors (Lipinski definition) is 1. The van der Waals surface area contributed by atoms with Crippen LogP contribution >= 0.6 is 11.3 Å². The molecule has 0 bridgehead atoms. The van der Waals surface area contributed by atoms with Gasteiger partial charge in [0, 0.05) is 29.6 Å². The fourth-order valence-corrected chi connectivity index (χ4v) is 4.41. The van der Waals surface area contributed by atoms with Crippen LogP contribution in [0.4, 0.5) is 5.69 Å². The number of anilines is 1. The van der Waals surface area contributed by atoms with Gasteiger partial charge >= 0.3 is 0 Å². The van der Waals surface area contributed by atoms with Crippen LogP contribution < -0.4 is 10.9 Å². The molecule has 0 aliphatic heterocycles. The van der Waals surface area contributed by atoms with E-state index >= 15 is 0 Å². The fourth-order valence-electron chi connectivity index (χ4n) is 3.51. The Morgan fingerprint density at radius 3 is 2.47 bits per heavy atom. The van der Waals surface area contributed by atoms with E-state index < -0.39 is 0 Å². The van der Waals surface area contributed by atoms with Crippen LogP contribution in [0.25, 0.3) is 21.3 Å². The van der Waals surface area contributed by atoms with Gasteiger partial charge in [0.2, 0.25) is 5.91 Å². The first-order valence-electron chi connectivity index (χ1n) is 9.84. The Kier molecular flexibility index (Phi) is 5.50. The lowest BCUT2D eigenvalue weighted by Crippen LogP contribution is -2.23. The molecule has 1 amide bonds. The number of benzene rings is 2. The van der Waals surface area contributed by atoms with Crippen LogP contribution in [-0.2, 0) is 11.3 Å². The first-order valence-corrected chi connectivity index (χ1v) is 10.7. The number of aromatic nitrogens is 2. The maximum absolute atomic E-state index is 13.1. The van der Waals surface area contributed by atoms with Crippen molar-refractivity contribution in [3.63, 3.8) is 0 Å². The van der Waals surface area contributed by atoms with Crippen LogP contribution in [-0.4, -0.2) is 15.5 Å². The first-order chi connectivity index (χ1) is 14.4. The highest BCUT2D eigenvalue weighted by atomic mass is 32.1. The molecule has 0 unspecified atom stereocenters. The molecule has 0 atom stereocenters. The monoisotopic (exact) mass is 417 g/mol. The Labute approximate surface area is 179 Å². The van der Waals surface area contributed by atoms with Crippen molar-refractivity contribution in [3.05, 3.63) is 81.2 Å². The normalized spacial score (nSPS) is 11.0. The summed E-state index contributed by atoms with van der Waals surface area (Å²) in [6.07, 6.45) is 1.73. The summed E-state index contributed by atoms with van der Waals surface area (Å²) < 4.78 is 1.52. The van der Waals surface area contributed by atoms with Gasteiger partial charge < -0.3 is 5.32 Å². The zero-order valence-corrected chi connectivity index (χ0v) is 18.0. The van der Waals surface area contributed by atoms with Gasteiger partial charge in [-0.1, -0.05) is 48.0 Å². The number of aryl methyl sites for hydroxylation is 4. The minimum absolute atomic E-state index is 0.114. The van der Waals surface area contributed by atoms with Gasteiger partial charge in [0.25, 0.3) is 5.56 Å². The minimum atomic E-state index is -0.122. The maximum Gasteiger partial charge on any atom is 0.262 e. The molecule has 6 heteroatoms. The number of nitrogens with zero attached hydrogens (tertiary/aromatic N) is 2. The van der Waals surface area contributed by atoms with Crippen molar-refractivity contribution in [1.82, 2.24) is 9.55 Å². The quantitative estimate of drug-likeness (QED) is 0.493. The first kappa shape index (κ1) is 20.0. The van der Waals surface area contributed by atoms with Crippen LogP contribution in [0.5, 0.6) is 0 Å². The SMILES string of the molecule is Cc1ccc(-c2csc3ncn(CCC(=O)Nc4c(C)cccc4C)c(=O)c23)cc1. The van der Waals surface area contributed by atoms with Gasteiger partial charge in [-0.3, -0.25) is 14.2 Å². The number of thiophene rings is 1. The molecule has 0 fully saturated rings. The average Bonchev–Trinajstić information content (AvgIpc) is 3.16. The molecule has 2 aromatic heterocycles. The van der Waals surface area contributed by atoms with Gasteiger partial charge in [-0.15, -0.1) is 11.3 Å². The van der Waals surface area contributed by atoms with Gasteiger partial charge in [-0.25, -0.2) is 4.98 Å². The third kappa shape index (κ3) is 3.91. The number of carbonyl (C=O) groups is 1. The third-order valence-corrected chi connectivity index (χ3v) is 6.13. The highest BCUT2D eigenvalue weighted by Gasteiger charge is 2.14. The summed E-state index contributed by atoms with van der Waals surface area (Å²) in [5.41, 5.74) is 5.82. The van der Waals surface area contributed by atoms with Crippen molar-refractivity contribution in [3.8, 4) is 11.1 Å². The highest BCUT2D eigenvalue weighted by Crippen LogP contribution is 2.30. The molecule has 30 heavy (non-hydrogen) atoms. The molecule has 4 rings (SSSR count). The van der Waals surface area contributed by atoms with Gasteiger partial charge in [0.15, 0.2) is 0 Å². The number of amides is 1. The molecule has 0 radical (unpaired) electrons. The fraction of sp³-hybridized carbons (Fsp3) is 0.208. The number of carbonyl (C=O) groups excluding carboxylic acids is 1. The summed E-state index contributed by atoms with van der Waals surface area (Å²) in [4.78, 5) is 30.8. The van der Waals surface area contributed by atoms with Gasteiger partial charge in [0.05, 0.1) is 11.7 Å². The second kappa shape index (κ2) is 8.24. The van der Waals surface area contributed by atoms with Crippen LogP contribution in [0, 0.1) is 20.8 Å². The van der Waals surface area contributed by atoms with Gasteiger partial charge in [-0.2, -0.15) is 0 Å². The third-order valence-electron chi connectivity index (χ3n) is 5.25. The number of para-hydroxylation sites is 1. The molecular formula is C24H23N3O2S. The molecule has 4 aromatic rings. The lowest BCUT2D eigenvalue weighted by molar-refractivity contribution is -0.116. The van der Waals surface area contributed by atoms with E-state index in [-0.39, 0.29) is 24.4 Å². The van der Waals surface area contributed by atoms with Crippen molar-refractivity contribution in [2.75, 3.05) is 5.32 Å². The standard InChI is InChI=1S/C24H23N3O2S/c1-15-7-9-18(10-8-15)19-13-30-23-21(19)24(29)27(14-25-23)12-11-20(28)26-22-16(2)5-4-6-17(22)3/h4-10,13-14H,11-12H2,1-3H3,(H,26,28). The van der Waals surface area contributed by atoms with E-state index in [0.29, 0.717) is 10.2 Å². The predicted octanol–water partition coefficient (Wildman–Crippen LogP) is 5.08. The van der Waals surface area contributed by atoms with Crippen LogP contribution in [0.3, 0.4) is 0 Å². The second-order valence-electron chi connectivity index (χ2n) is 7.50. The van der Waals surface area contributed by atoms with E-state index in [9.17, 15) is 9.59 Å². The predicted molar refractivity (Wildman–Crippen MR) is 123 cm³/mol. The zero-order valence-electron chi connectivity index (χ0n) is 17.2. The van der Waals surface area contributed by atoms with E-state index in [1.807, 2.05) is 68.6 Å². The van der Waals surface area contributed by atoms with E-state index in [2.05, 4.69) is 10.3 Å². The Morgan fingerprint density at radius 1 is 1.07 bits per heavy atom. The van der Waals surface area contributed by atoms with Gasteiger partial charge in [0.1, 0.15) is 4.83 Å². The molecule has 0 aliphatic rings. The van der Waals surface area contributed by atoms with E-state index in [1.165, 1.54) is 27.8 Å². The maximum atomic E-state index is 13.1. The summed E-state index contributed by atoms with van der Waals surface area (Å²) >= 11 is 1.46. The molecule has 0 saturated carbocycles. The highest BCUT2D eigenvalue weighted by molar-refractivity contribution is 7.17. The lowest BCUT2D eigenvalue weighted by atomic mass is 10.1. The molecule has 0 saturated heterocycles. The molecular weight excluding hydrogens is 394 g/mol. The number of hydrogen-bond acceptors (Lipinski definition) is 4.